The number of nitrogens with one attached hydrogen (secondary N) is 1. The Bertz CT molecular complexity index is 664. The summed E-state index contributed by atoms with van der Waals surface area (Å²) in [5.74, 6) is 0. The van der Waals surface area contributed by atoms with Crippen LogP contribution >= 0.6 is 21.6 Å². The first-order chi connectivity index (χ1) is 11.7. The van der Waals surface area contributed by atoms with Crippen LogP contribution < -0.4 is 5.32 Å². The molecule has 1 fully saturated rings. The van der Waals surface area contributed by atoms with Gasteiger partial charge in [0.1, 0.15) is 11.1 Å². The van der Waals surface area contributed by atoms with E-state index in [1.54, 1.807) is 27.8 Å². The molecule has 1 N–H and O–H groups in total. The molecule has 2 aromatic rings. The second-order valence-corrected chi connectivity index (χ2v) is 8.21. The number of aromatic nitrogens is 1. The molecule has 0 spiro atoms. The molecule has 0 aliphatic heterocycles. The number of carbonyl (C=O) groups excluding carboxylic acids is 1. The van der Waals surface area contributed by atoms with Crippen LogP contribution in [0.5, 0.6) is 0 Å². The summed E-state index contributed by atoms with van der Waals surface area (Å²) in [6.45, 7) is 2.02. The third kappa shape index (κ3) is 4.92. The van der Waals surface area contributed by atoms with Crippen molar-refractivity contribution in [3.8, 4) is 0 Å². The van der Waals surface area contributed by atoms with E-state index in [2.05, 4.69) is 10.3 Å². The third-order valence-electron chi connectivity index (χ3n) is 3.84. The molecule has 1 amide bonds. The van der Waals surface area contributed by atoms with Gasteiger partial charge in [-0.2, -0.15) is 0 Å². The molecule has 4 nitrogen and oxygen atoms in total. The molecule has 2 atom stereocenters. The largest absolute Gasteiger partial charge is 0.445 e. The van der Waals surface area contributed by atoms with E-state index >= 15 is 0 Å². The van der Waals surface area contributed by atoms with Gasteiger partial charge < -0.3 is 4.74 Å². The SMILES string of the molecule is Cc1ccc(NC(=O)O[C@H]2CCC[C@@H]2SSc2ccccn2)cc1. The fourth-order valence-electron chi connectivity index (χ4n) is 2.57. The van der Waals surface area contributed by atoms with Gasteiger partial charge in [-0.05, 0) is 61.2 Å². The van der Waals surface area contributed by atoms with Gasteiger partial charge in [0.15, 0.2) is 0 Å². The van der Waals surface area contributed by atoms with E-state index in [1.807, 2.05) is 49.4 Å². The lowest BCUT2D eigenvalue weighted by atomic mass is 10.2. The fourth-order valence-corrected chi connectivity index (χ4v) is 5.23. The van der Waals surface area contributed by atoms with Gasteiger partial charge in [0.2, 0.25) is 0 Å². The molecule has 0 radical (unpaired) electrons. The van der Waals surface area contributed by atoms with Gasteiger partial charge in [0.25, 0.3) is 0 Å². The van der Waals surface area contributed by atoms with Crippen LogP contribution in [0, 0.1) is 6.92 Å². The van der Waals surface area contributed by atoms with Crippen LogP contribution in [-0.2, 0) is 4.74 Å². The van der Waals surface area contributed by atoms with Crippen LogP contribution in [0.25, 0.3) is 0 Å². The van der Waals surface area contributed by atoms with Gasteiger partial charge >= 0.3 is 6.09 Å². The summed E-state index contributed by atoms with van der Waals surface area (Å²) in [5.41, 5.74) is 1.92. The van der Waals surface area contributed by atoms with Crippen molar-refractivity contribution in [1.29, 1.82) is 0 Å². The number of benzene rings is 1. The Balaban J connectivity index is 1.49. The minimum atomic E-state index is -0.376. The van der Waals surface area contributed by atoms with E-state index in [0.29, 0.717) is 5.25 Å². The molecule has 1 aromatic heterocycles. The van der Waals surface area contributed by atoms with Gasteiger partial charge in [0, 0.05) is 11.9 Å². The second-order valence-electron chi connectivity index (χ2n) is 5.75. The maximum atomic E-state index is 12.1. The number of anilines is 1. The molecule has 126 valence electrons. The maximum Gasteiger partial charge on any atom is 0.411 e. The van der Waals surface area contributed by atoms with Gasteiger partial charge in [-0.15, -0.1) is 0 Å². The number of amides is 1. The molecule has 1 saturated carbocycles. The van der Waals surface area contributed by atoms with Crippen LogP contribution in [0.4, 0.5) is 10.5 Å². The van der Waals surface area contributed by atoms with Crippen LogP contribution in [0.2, 0.25) is 0 Å². The van der Waals surface area contributed by atoms with Crippen molar-refractivity contribution in [2.75, 3.05) is 5.32 Å². The summed E-state index contributed by atoms with van der Waals surface area (Å²) in [4.78, 5) is 16.4. The van der Waals surface area contributed by atoms with Gasteiger partial charge in [0.05, 0.1) is 5.25 Å². The highest BCUT2D eigenvalue weighted by Gasteiger charge is 2.31. The molecule has 0 unspecified atom stereocenters. The van der Waals surface area contributed by atoms with Crippen molar-refractivity contribution in [2.45, 2.75) is 42.6 Å². The summed E-state index contributed by atoms with van der Waals surface area (Å²) in [5, 5.41) is 4.09. The van der Waals surface area contributed by atoms with Crippen molar-refractivity contribution in [2.24, 2.45) is 0 Å². The predicted molar refractivity (Wildman–Crippen MR) is 100 cm³/mol. The van der Waals surface area contributed by atoms with Crippen LogP contribution in [0.1, 0.15) is 24.8 Å². The van der Waals surface area contributed by atoms with Crippen molar-refractivity contribution in [1.82, 2.24) is 4.98 Å². The molecule has 3 rings (SSSR count). The molecule has 6 heteroatoms. The Hall–Kier alpha value is -1.66. The lowest BCUT2D eigenvalue weighted by Gasteiger charge is -2.19. The highest BCUT2D eigenvalue weighted by atomic mass is 33.1. The molecular weight excluding hydrogens is 340 g/mol. The zero-order valence-corrected chi connectivity index (χ0v) is 15.1. The number of carbonyl (C=O) groups is 1. The van der Waals surface area contributed by atoms with E-state index < -0.39 is 0 Å². The second kappa shape index (κ2) is 8.44. The molecule has 1 aliphatic carbocycles. The Labute approximate surface area is 150 Å². The smallest absolute Gasteiger partial charge is 0.411 e. The molecule has 0 saturated heterocycles. The van der Waals surface area contributed by atoms with Crippen LogP contribution in [0.15, 0.2) is 53.7 Å². The van der Waals surface area contributed by atoms with E-state index in [0.717, 1.165) is 35.5 Å². The minimum Gasteiger partial charge on any atom is -0.445 e. The molecule has 1 heterocycles. The number of hydrogen-bond donors (Lipinski definition) is 1. The first-order valence-electron chi connectivity index (χ1n) is 7.99. The van der Waals surface area contributed by atoms with E-state index in [-0.39, 0.29) is 12.2 Å². The van der Waals surface area contributed by atoms with Gasteiger partial charge in [-0.3, -0.25) is 5.32 Å². The first-order valence-corrected chi connectivity index (χ1v) is 10.2. The highest BCUT2D eigenvalue weighted by Crippen LogP contribution is 2.41. The van der Waals surface area contributed by atoms with Crippen molar-refractivity contribution < 1.29 is 9.53 Å². The van der Waals surface area contributed by atoms with E-state index in [9.17, 15) is 4.79 Å². The Morgan fingerprint density at radius 1 is 1.21 bits per heavy atom. The average Bonchev–Trinajstić information content (AvgIpc) is 3.03. The quantitative estimate of drug-likeness (QED) is 0.733. The summed E-state index contributed by atoms with van der Waals surface area (Å²) in [6, 6.07) is 13.6. The number of ether oxygens (including phenoxy) is 1. The number of aryl methyl sites for hydroxylation is 1. The topological polar surface area (TPSA) is 51.2 Å². The summed E-state index contributed by atoms with van der Waals surface area (Å²) >= 11 is 0. The molecule has 1 aromatic carbocycles. The number of rotatable bonds is 5. The normalized spacial score (nSPS) is 19.9. The zero-order valence-electron chi connectivity index (χ0n) is 13.5. The summed E-state index contributed by atoms with van der Waals surface area (Å²) < 4.78 is 5.64. The average molecular weight is 361 g/mol. The van der Waals surface area contributed by atoms with Crippen LogP contribution in [0.3, 0.4) is 0 Å². The Kier molecular flexibility index (Phi) is 6.04. The third-order valence-corrected chi connectivity index (χ3v) is 6.68. The van der Waals surface area contributed by atoms with Crippen molar-refractivity contribution >= 4 is 33.4 Å². The molecule has 1 aliphatic rings. The molecule has 0 bridgehead atoms. The molecule has 24 heavy (non-hydrogen) atoms. The fraction of sp³-hybridized carbons (Fsp3) is 0.333. The summed E-state index contributed by atoms with van der Waals surface area (Å²) in [6.07, 6.45) is 4.44. The first kappa shape index (κ1) is 17.2. The van der Waals surface area contributed by atoms with Gasteiger partial charge in [-0.25, -0.2) is 9.78 Å². The minimum absolute atomic E-state index is 0.0448. The number of hydrogen-bond acceptors (Lipinski definition) is 5. The van der Waals surface area contributed by atoms with E-state index in [1.165, 1.54) is 0 Å². The van der Waals surface area contributed by atoms with Crippen molar-refractivity contribution in [3.05, 3.63) is 54.2 Å². The summed E-state index contributed by atoms with van der Waals surface area (Å²) in [7, 11) is 3.39. The van der Waals surface area contributed by atoms with Gasteiger partial charge in [-0.1, -0.05) is 34.6 Å². The Morgan fingerprint density at radius 2 is 2.04 bits per heavy atom. The monoisotopic (exact) mass is 360 g/mol. The zero-order chi connectivity index (χ0) is 16.8. The lowest BCUT2D eigenvalue weighted by Crippen LogP contribution is -2.26. The number of pyridine rings is 1. The standard InChI is InChI=1S/C18H20N2O2S2/c1-13-8-10-14(11-9-13)20-18(21)22-15-5-4-6-16(15)23-24-17-7-2-3-12-19-17/h2-3,7-12,15-16H,4-6H2,1H3,(H,20,21)/t15-,16-/m0/s1. The highest BCUT2D eigenvalue weighted by molar-refractivity contribution is 8.76. The maximum absolute atomic E-state index is 12.1. The van der Waals surface area contributed by atoms with Crippen LogP contribution in [-0.4, -0.2) is 22.4 Å². The predicted octanol–water partition coefficient (Wildman–Crippen LogP) is 5.30. The molecular formula is C18H20N2O2S2. The Morgan fingerprint density at radius 3 is 2.79 bits per heavy atom. The van der Waals surface area contributed by atoms with Crippen molar-refractivity contribution in [3.63, 3.8) is 0 Å². The lowest BCUT2D eigenvalue weighted by molar-refractivity contribution is 0.117. The van der Waals surface area contributed by atoms with E-state index in [4.69, 9.17) is 4.74 Å². The number of nitrogens with zero attached hydrogens (tertiary/aromatic N) is 1.